The van der Waals surface area contributed by atoms with Crippen LogP contribution in [0.4, 0.5) is 0 Å². The molecule has 0 bridgehead atoms. The summed E-state index contributed by atoms with van der Waals surface area (Å²) in [6.45, 7) is 7.56. The van der Waals surface area contributed by atoms with Crippen LogP contribution in [0.25, 0.3) is 16.9 Å². The Labute approximate surface area is 211 Å². The lowest BCUT2D eigenvalue weighted by atomic mass is 10.1. The van der Waals surface area contributed by atoms with Gasteiger partial charge in [0.25, 0.3) is 10.0 Å². The van der Waals surface area contributed by atoms with Crippen LogP contribution in [0.2, 0.25) is 0 Å². The largest absolute Gasteiger partial charge is 0.492 e. The normalized spacial score (nSPS) is 15.5. The minimum Gasteiger partial charge on any atom is -0.492 e. The van der Waals surface area contributed by atoms with Gasteiger partial charge in [0, 0.05) is 18.5 Å². The summed E-state index contributed by atoms with van der Waals surface area (Å²) >= 11 is 0. The van der Waals surface area contributed by atoms with Crippen LogP contribution in [0.3, 0.4) is 0 Å². The van der Waals surface area contributed by atoms with Gasteiger partial charge in [0.2, 0.25) is 0 Å². The Morgan fingerprint density at radius 3 is 2.61 bits per heavy atom. The van der Waals surface area contributed by atoms with Crippen molar-refractivity contribution in [3.05, 3.63) is 66.2 Å². The smallest absolute Gasteiger partial charge is 0.256 e. The fraction of sp³-hybridized carbons (Fsp3) is 0.423. The maximum atomic E-state index is 12.7. The number of hydrogen-bond acceptors (Lipinski definition) is 7. The number of benzene rings is 1. The van der Waals surface area contributed by atoms with Crippen molar-refractivity contribution in [2.45, 2.75) is 44.8 Å². The Balaban J connectivity index is 1.29. The third-order valence-electron chi connectivity index (χ3n) is 6.76. The highest BCUT2D eigenvalue weighted by Crippen LogP contribution is 2.22. The van der Waals surface area contributed by atoms with Crippen molar-refractivity contribution >= 4 is 15.7 Å². The van der Waals surface area contributed by atoms with E-state index in [1.54, 1.807) is 23.8 Å². The van der Waals surface area contributed by atoms with Gasteiger partial charge in [0.15, 0.2) is 11.5 Å². The molecule has 0 saturated carbocycles. The molecule has 3 aromatic heterocycles. The van der Waals surface area contributed by atoms with Gasteiger partial charge in [-0.05, 0) is 69.1 Å². The Kier molecular flexibility index (Phi) is 7.06. The number of nitrogens with zero attached hydrogens (tertiary/aromatic N) is 6. The fourth-order valence-electron chi connectivity index (χ4n) is 4.40. The van der Waals surface area contributed by atoms with Crippen LogP contribution >= 0.6 is 0 Å². The van der Waals surface area contributed by atoms with Crippen LogP contribution in [0.5, 0.6) is 5.75 Å². The van der Waals surface area contributed by atoms with Crippen molar-refractivity contribution in [3.8, 4) is 17.0 Å². The third kappa shape index (κ3) is 5.15. The van der Waals surface area contributed by atoms with Crippen LogP contribution in [0, 0.1) is 0 Å². The van der Waals surface area contributed by atoms with Crippen LogP contribution in [0.1, 0.15) is 44.5 Å². The number of pyridine rings is 1. The molecular weight excluding hydrogens is 476 g/mol. The first-order chi connectivity index (χ1) is 17.4. The highest BCUT2D eigenvalue weighted by atomic mass is 32.2. The lowest BCUT2D eigenvalue weighted by Gasteiger charge is -2.14. The molecule has 9 nitrogen and oxygen atoms in total. The van der Waals surface area contributed by atoms with Gasteiger partial charge in [-0.25, -0.2) is 17.9 Å². The molecule has 5 rings (SSSR count). The van der Waals surface area contributed by atoms with Gasteiger partial charge in [-0.2, -0.15) is 14.3 Å². The Bertz CT molecular complexity index is 1420. The predicted molar refractivity (Wildman–Crippen MR) is 139 cm³/mol. The quantitative estimate of drug-likeness (QED) is 0.323. The van der Waals surface area contributed by atoms with E-state index in [0.717, 1.165) is 27.6 Å². The molecule has 36 heavy (non-hydrogen) atoms. The van der Waals surface area contributed by atoms with Crippen molar-refractivity contribution in [1.82, 2.24) is 28.7 Å². The van der Waals surface area contributed by atoms with Gasteiger partial charge >= 0.3 is 0 Å². The SMILES string of the molecule is CCC(C)S(=O)(=O)n1cc(-c2cccc3nc(Cc4ccc(OCCN5CCCC5)cc4)nn23)cn1. The number of rotatable bonds is 10. The molecular formula is C26H32N6O3S. The van der Waals surface area contributed by atoms with Crippen LogP contribution in [0.15, 0.2) is 54.9 Å². The molecule has 1 saturated heterocycles. The van der Waals surface area contributed by atoms with Gasteiger partial charge in [0.05, 0.1) is 23.3 Å². The van der Waals surface area contributed by atoms with E-state index >= 15 is 0 Å². The summed E-state index contributed by atoms with van der Waals surface area (Å²) in [5.74, 6) is 1.55. The topological polar surface area (TPSA) is 94.6 Å². The second kappa shape index (κ2) is 10.4. The molecule has 1 aromatic carbocycles. The molecule has 10 heteroatoms. The summed E-state index contributed by atoms with van der Waals surface area (Å²) in [5.41, 5.74) is 3.19. The van der Waals surface area contributed by atoms with Gasteiger partial charge in [-0.3, -0.25) is 4.90 Å². The number of hydrogen-bond donors (Lipinski definition) is 0. The zero-order valence-electron chi connectivity index (χ0n) is 20.7. The second-order valence-corrected chi connectivity index (χ2v) is 11.5. The van der Waals surface area contributed by atoms with Crippen molar-refractivity contribution < 1.29 is 13.2 Å². The average molecular weight is 509 g/mol. The molecule has 1 fully saturated rings. The van der Waals surface area contributed by atoms with Gasteiger partial charge < -0.3 is 4.74 Å². The van der Waals surface area contributed by atoms with E-state index in [2.05, 4.69) is 15.0 Å². The third-order valence-corrected chi connectivity index (χ3v) is 8.84. The zero-order chi connectivity index (χ0) is 25.1. The molecule has 0 aliphatic carbocycles. The minimum absolute atomic E-state index is 0.513. The summed E-state index contributed by atoms with van der Waals surface area (Å²) in [6, 6.07) is 13.7. The number of fused-ring (bicyclic) bond motifs is 1. The lowest BCUT2D eigenvalue weighted by Crippen LogP contribution is -2.25. The molecule has 0 spiro atoms. The summed E-state index contributed by atoms with van der Waals surface area (Å²) in [4.78, 5) is 7.11. The van der Waals surface area contributed by atoms with Crippen molar-refractivity contribution in [2.75, 3.05) is 26.2 Å². The molecule has 0 radical (unpaired) electrons. The average Bonchev–Trinajstić information content (AvgIpc) is 3.65. The van der Waals surface area contributed by atoms with Crippen molar-refractivity contribution in [1.29, 1.82) is 0 Å². The van der Waals surface area contributed by atoms with Gasteiger partial charge in [-0.15, -0.1) is 0 Å². The maximum Gasteiger partial charge on any atom is 0.256 e. The minimum atomic E-state index is -3.53. The van der Waals surface area contributed by atoms with Crippen LogP contribution < -0.4 is 4.74 Å². The summed E-state index contributed by atoms with van der Waals surface area (Å²) in [7, 11) is -3.53. The molecule has 4 aromatic rings. The summed E-state index contributed by atoms with van der Waals surface area (Å²) < 4.78 is 34.1. The first-order valence-electron chi connectivity index (χ1n) is 12.5. The zero-order valence-corrected chi connectivity index (χ0v) is 21.6. The molecule has 0 N–H and O–H groups in total. The highest BCUT2D eigenvalue weighted by molar-refractivity contribution is 7.90. The molecule has 0 amide bonds. The monoisotopic (exact) mass is 508 g/mol. The second-order valence-electron chi connectivity index (χ2n) is 9.29. The summed E-state index contributed by atoms with van der Waals surface area (Å²) in [5, 5.41) is 8.31. The standard InChI is InChI=1S/C26H32N6O3S/c1-3-20(2)36(33,34)31-19-22(18-27-31)24-7-6-8-26-28-25(29-32(24)26)17-21-9-11-23(12-10-21)35-16-15-30-13-4-5-14-30/h6-12,18-20H,3-5,13-17H2,1-2H3. The van der Waals surface area contributed by atoms with E-state index in [0.29, 0.717) is 36.5 Å². The molecule has 190 valence electrons. The highest BCUT2D eigenvalue weighted by Gasteiger charge is 2.23. The van der Waals surface area contributed by atoms with Crippen LogP contribution in [-0.2, 0) is 16.4 Å². The van der Waals surface area contributed by atoms with E-state index < -0.39 is 15.3 Å². The Morgan fingerprint density at radius 1 is 1.08 bits per heavy atom. The number of likely N-dealkylation sites (tertiary alicyclic amines) is 1. The van der Waals surface area contributed by atoms with E-state index in [1.807, 2.05) is 49.4 Å². The van der Waals surface area contributed by atoms with E-state index in [4.69, 9.17) is 9.84 Å². The molecule has 1 aliphatic rings. The fourth-order valence-corrected chi connectivity index (χ4v) is 5.63. The van der Waals surface area contributed by atoms with Crippen LogP contribution in [-0.4, -0.2) is 68.6 Å². The molecule has 4 heterocycles. The molecule has 1 unspecified atom stereocenters. The molecule has 1 aliphatic heterocycles. The molecule has 1 atom stereocenters. The number of ether oxygens (including phenoxy) is 1. The van der Waals surface area contributed by atoms with Gasteiger partial charge in [0.1, 0.15) is 12.4 Å². The van der Waals surface area contributed by atoms with E-state index in [9.17, 15) is 8.42 Å². The Morgan fingerprint density at radius 2 is 1.86 bits per heavy atom. The first-order valence-corrected chi connectivity index (χ1v) is 14.0. The van der Waals surface area contributed by atoms with E-state index in [-0.39, 0.29) is 0 Å². The van der Waals surface area contributed by atoms with Crippen molar-refractivity contribution in [2.24, 2.45) is 0 Å². The number of aromatic nitrogens is 5. The Hall–Kier alpha value is -3.24. The maximum absolute atomic E-state index is 12.7. The van der Waals surface area contributed by atoms with E-state index in [1.165, 1.54) is 25.9 Å². The van der Waals surface area contributed by atoms with Gasteiger partial charge in [-0.1, -0.05) is 25.1 Å². The predicted octanol–water partition coefficient (Wildman–Crippen LogP) is 3.63. The summed E-state index contributed by atoms with van der Waals surface area (Å²) in [6.07, 6.45) is 6.77. The van der Waals surface area contributed by atoms with Crippen molar-refractivity contribution in [3.63, 3.8) is 0 Å². The first kappa shape index (κ1) is 24.5. The lowest BCUT2D eigenvalue weighted by molar-refractivity contribution is 0.238.